The average Bonchev–Trinajstić information content (AvgIpc) is 2.74. The van der Waals surface area contributed by atoms with E-state index in [0.29, 0.717) is 13.2 Å². The van der Waals surface area contributed by atoms with Crippen molar-refractivity contribution < 1.29 is 23.1 Å². The minimum atomic E-state index is -2.15. The van der Waals surface area contributed by atoms with Crippen molar-refractivity contribution >= 4 is 18.1 Å². The average molecular weight is 470 g/mol. The van der Waals surface area contributed by atoms with Crippen LogP contribution in [0.25, 0.3) is 0 Å². The van der Waals surface area contributed by atoms with Gasteiger partial charge in [0.15, 0.2) is 0 Å². The summed E-state index contributed by atoms with van der Waals surface area (Å²) in [7, 11) is -2.54. The highest BCUT2D eigenvalue weighted by atomic mass is 28.4. The third-order valence-electron chi connectivity index (χ3n) is 5.48. The van der Waals surface area contributed by atoms with Crippen molar-refractivity contribution in [3.8, 4) is 5.75 Å². The van der Waals surface area contributed by atoms with E-state index in [9.17, 15) is 0 Å². The summed E-state index contributed by atoms with van der Waals surface area (Å²) in [5, 5.41) is 0. The summed E-state index contributed by atoms with van der Waals surface area (Å²) in [6.07, 6.45) is 2.35. The summed E-state index contributed by atoms with van der Waals surface area (Å²) < 4.78 is 30.2. The molecule has 1 aromatic carbocycles. The summed E-state index contributed by atoms with van der Waals surface area (Å²) in [6, 6.07) is 12.3. The molecule has 2 unspecified atom stereocenters. The molecule has 6 nitrogen and oxygen atoms in total. The molecule has 0 bridgehead atoms. The maximum Gasteiger partial charge on any atom is 0.335 e. The molecule has 2 atom stereocenters. The van der Waals surface area contributed by atoms with Gasteiger partial charge >= 0.3 is 8.56 Å². The molecule has 1 saturated heterocycles. The molecule has 1 aromatic rings. The SMILES string of the molecule is CCOC(OCC)[SiH2]CCCN1CCC[Si](C)(OCC)OC(COc2ccccc2)C1. The zero-order valence-corrected chi connectivity index (χ0v) is 22.4. The first-order valence-electron chi connectivity index (χ1n) is 12.0. The normalized spacial score (nSPS) is 23.3. The van der Waals surface area contributed by atoms with Crippen LogP contribution in [0.5, 0.6) is 5.75 Å². The van der Waals surface area contributed by atoms with Gasteiger partial charge < -0.3 is 28.0 Å². The second kappa shape index (κ2) is 15.2. The number of benzene rings is 1. The topological polar surface area (TPSA) is 49.4 Å². The van der Waals surface area contributed by atoms with Crippen LogP contribution in [0.2, 0.25) is 18.6 Å². The third-order valence-corrected chi connectivity index (χ3v) is 10.3. The number of ether oxygens (including phenoxy) is 3. The number of hydrogen-bond acceptors (Lipinski definition) is 6. The predicted molar refractivity (Wildman–Crippen MR) is 131 cm³/mol. The van der Waals surface area contributed by atoms with E-state index in [4.69, 9.17) is 23.1 Å². The molecule has 0 spiro atoms. The fraction of sp³-hybridized carbons (Fsp3) is 0.739. The van der Waals surface area contributed by atoms with Gasteiger partial charge in [0.2, 0.25) is 0 Å². The van der Waals surface area contributed by atoms with Gasteiger partial charge in [-0.3, -0.25) is 0 Å². The van der Waals surface area contributed by atoms with Crippen molar-refractivity contribution in [2.24, 2.45) is 0 Å². The molecule has 0 aromatic heterocycles. The molecule has 0 N–H and O–H groups in total. The van der Waals surface area contributed by atoms with Gasteiger partial charge in [-0.25, -0.2) is 0 Å². The van der Waals surface area contributed by atoms with Crippen molar-refractivity contribution in [2.75, 3.05) is 46.1 Å². The third kappa shape index (κ3) is 10.6. The molecule has 1 heterocycles. The van der Waals surface area contributed by atoms with E-state index < -0.39 is 8.56 Å². The van der Waals surface area contributed by atoms with Crippen LogP contribution in [0, 0.1) is 0 Å². The van der Waals surface area contributed by atoms with Crippen LogP contribution < -0.4 is 4.74 Å². The zero-order chi connectivity index (χ0) is 22.4. The zero-order valence-electron chi connectivity index (χ0n) is 20.0. The van der Waals surface area contributed by atoms with Gasteiger partial charge in [0.05, 0.1) is 15.6 Å². The lowest BCUT2D eigenvalue weighted by molar-refractivity contribution is -0.0828. The Hall–Kier alpha value is -0.746. The van der Waals surface area contributed by atoms with Gasteiger partial charge in [0.25, 0.3) is 0 Å². The molecular formula is C23H43NO5Si2. The van der Waals surface area contributed by atoms with Crippen LogP contribution in [0.15, 0.2) is 30.3 Å². The second-order valence-electron chi connectivity index (χ2n) is 8.17. The van der Waals surface area contributed by atoms with Crippen LogP contribution in [0.1, 0.15) is 33.6 Å². The van der Waals surface area contributed by atoms with Crippen LogP contribution in [0.3, 0.4) is 0 Å². The van der Waals surface area contributed by atoms with E-state index in [-0.39, 0.29) is 21.5 Å². The Morgan fingerprint density at radius 3 is 2.55 bits per heavy atom. The molecule has 1 aliphatic heterocycles. The van der Waals surface area contributed by atoms with Gasteiger partial charge in [-0.1, -0.05) is 24.2 Å². The molecule has 0 saturated carbocycles. The maximum absolute atomic E-state index is 6.60. The largest absolute Gasteiger partial charge is 0.491 e. The Kier molecular flexibility index (Phi) is 13.0. The Labute approximate surface area is 192 Å². The number of hydrogen-bond donors (Lipinski definition) is 0. The molecule has 0 amide bonds. The summed E-state index contributed by atoms with van der Waals surface area (Å²) in [4.78, 5) is 2.55. The molecule has 178 valence electrons. The van der Waals surface area contributed by atoms with Gasteiger partial charge in [0, 0.05) is 26.4 Å². The highest BCUT2D eigenvalue weighted by molar-refractivity contribution is 6.66. The minimum Gasteiger partial charge on any atom is -0.491 e. The van der Waals surface area contributed by atoms with Gasteiger partial charge in [-0.05, 0) is 71.4 Å². The van der Waals surface area contributed by atoms with Crippen molar-refractivity contribution in [3.05, 3.63) is 30.3 Å². The summed E-state index contributed by atoms with van der Waals surface area (Å²) in [5.74, 6) is 0.957. The van der Waals surface area contributed by atoms with E-state index in [2.05, 4.69) is 18.4 Å². The standard InChI is InChI=1S/C23H43NO5Si2/c1-5-25-23(26-6-2)30-17-11-15-24-16-12-18-31(4,28-7-3)29-22(19-24)20-27-21-13-9-8-10-14-21/h8-10,13-14,22-23H,5-7,11-12,15-20,30H2,1-4H3. The van der Waals surface area contributed by atoms with E-state index in [1.54, 1.807) is 0 Å². The number of nitrogens with zero attached hydrogens (tertiary/aromatic N) is 1. The first kappa shape index (κ1) is 26.5. The minimum absolute atomic E-state index is 0.0283. The Bertz CT molecular complexity index is 576. The Morgan fingerprint density at radius 1 is 1.13 bits per heavy atom. The van der Waals surface area contributed by atoms with Crippen molar-refractivity contribution in [3.63, 3.8) is 0 Å². The smallest absolute Gasteiger partial charge is 0.335 e. The summed E-state index contributed by atoms with van der Waals surface area (Å²) in [5.41, 5.74) is 0. The van der Waals surface area contributed by atoms with Crippen LogP contribution in [-0.2, 0) is 18.3 Å². The lowest BCUT2D eigenvalue weighted by Crippen LogP contribution is -2.50. The summed E-state index contributed by atoms with van der Waals surface area (Å²) in [6.45, 7) is 14.2. The number of para-hydroxylation sites is 1. The van der Waals surface area contributed by atoms with Crippen molar-refractivity contribution in [1.82, 2.24) is 4.90 Å². The van der Waals surface area contributed by atoms with Crippen LogP contribution in [-0.4, -0.2) is 81.1 Å². The van der Waals surface area contributed by atoms with E-state index in [1.807, 2.05) is 44.2 Å². The number of rotatable bonds is 14. The van der Waals surface area contributed by atoms with Crippen LogP contribution >= 0.6 is 0 Å². The predicted octanol–water partition coefficient (Wildman–Crippen LogP) is 3.60. The molecule has 0 aliphatic carbocycles. The van der Waals surface area contributed by atoms with Crippen LogP contribution in [0.4, 0.5) is 0 Å². The maximum atomic E-state index is 6.60. The first-order valence-corrected chi connectivity index (χ1v) is 16.4. The fourth-order valence-corrected chi connectivity index (χ4v) is 8.33. The van der Waals surface area contributed by atoms with Crippen molar-refractivity contribution in [2.45, 2.75) is 64.3 Å². The van der Waals surface area contributed by atoms with Gasteiger partial charge in [0.1, 0.15) is 18.3 Å². The Morgan fingerprint density at radius 2 is 1.87 bits per heavy atom. The Balaban J connectivity index is 1.87. The second-order valence-corrected chi connectivity index (χ2v) is 13.4. The van der Waals surface area contributed by atoms with Gasteiger partial charge in [-0.2, -0.15) is 0 Å². The molecule has 2 rings (SSSR count). The first-order chi connectivity index (χ1) is 15.1. The van der Waals surface area contributed by atoms with E-state index in [1.165, 1.54) is 12.5 Å². The summed E-state index contributed by atoms with van der Waals surface area (Å²) >= 11 is 0. The van der Waals surface area contributed by atoms with Crippen molar-refractivity contribution in [1.29, 1.82) is 0 Å². The van der Waals surface area contributed by atoms with E-state index >= 15 is 0 Å². The lowest BCUT2D eigenvalue weighted by atomic mass is 10.3. The van der Waals surface area contributed by atoms with E-state index in [0.717, 1.165) is 51.1 Å². The van der Waals surface area contributed by atoms with Gasteiger partial charge in [-0.15, -0.1) is 0 Å². The lowest BCUT2D eigenvalue weighted by Gasteiger charge is -2.37. The monoisotopic (exact) mass is 469 g/mol. The fourth-order valence-electron chi connectivity index (χ4n) is 4.09. The molecule has 8 heteroatoms. The molecule has 31 heavy (non-hydrogen) atoms. The quantitative estimate of drug-likeness (QED) is 0.236. The molecular weight excluding hydrogens is 426 g/mol. The molecule has 0 radical (unpaired) electrons. The molecule has 1 fully saturated rings. The highest BCUT2D eigenvalue weighted by Gasteiger charge is 2.36. The molecule has 1 aliphatic rings. The highest BCUT2D eigenvalue weighted by Crippen LogP contribution is 2.23.